The minimum absolute atomic E-state index is 0. The summed E-state index contributed by atoms with van der Waals surface area (Å²) >= 11 is 0. The van der Waals surface area contributed by atoms with Gasteiger partial charge in [0.25, 0.3) is 0 Å². The predicted molar refractivity (Wildman–Crippen MR) is 127 cm³/mol. The first-order valence-corrected chi connectivity index (χ1v) is 9.88. The van der Waals surface area contributed by atoms with Crippen LogP contribution < -0.4 is 15.5 Å². The van der Waals surface area contributed by atoms with E-state index in [1.807, 2.05) is 42.2 Å². The van der Waals surface area contributed by atoms with Gasteiger partial charge in [0.2, 0.25) is 5.91 Å². The van der Waals surface area contributed by atoms with E-state index in [1.54, 1.807) is 6.26 Å². The van der Waals surface area contributed by atoms with Crippen molar-refractivity contribution >= 4 is 41.5 Å². The molecule has 1 aromatic heterocycles. The van der Waals surface area contributed by atoms with Crippen molar-refractivity contribution in [1.82, 2.24) is 15.5 Å². The topological polar surface area (TPSA) is 73.1 Å². The number of aliphatic imine (C=N–C) groups is 1. The standard InChI is InChI=1S/C21H29N5O2.HI/c1-2-22-21(23-11-10-19-9-6-16-28-19)24-17-20(27)26-14-12-25(13-15-26)18-7-4-3-5-8-18;/h3-9,16H,2,10-15,17H2,1H3,(H2,22,23,24);1H. The summed E-state index contributed by atoms with van der Waals surface area (Å²) in [5.74, 6) is 1.65. The number of halogens is 1. The number of benzene rings is 1. The summed E-state index contributed by atoms with van der Waals surface area (Å²) < 4.78 is 5.33. The smallest absolute Gasteiger partial charge is 0.244 e. The summed E-state index contributed by atoms with van der Waals surface area (Å²) in [5.41, 5.74) is 1.21. The van der Waals surface area contributed by atoms with Crippen molar-refractivity contribution in [3.8, 4) is 0 Å². The quantitative estimate of drug-likeness (QED) is 0.339. The fourth-order valence-electron chi connectivity index (χ4n) is 3.20. The van der Waals surface area contributed by atoms with Crippen LogP contribution in [-0.4, -0.2) is 62.6 Å². The van der Waals surface area contributed by atoms with Gasteiger partial charge in [-0.15, -0.1) is 24.0 Å². The number of amides is 1. The van der Waals surface area contributed by atoms with E-state index in [0.29, 0.717) is 12.5 Å². The first-order chi connectivity index (χ1) is 13.8. The van der Waals surface area contributed by atoms with Crippen molar-refractivity contribution in [2.45, 2.75) is 13.3 Å². The molecule has 0 radical (unpaired) electrons. The molecular weight excluding hydrogens is 481 g/mol. The van der Waals surface area contributed by atoms with Crippen LogP contribution in [0.15, 0.2) is 58.1 Å². The van der Waals surface area contributed by atoms with Gasteiger partial charge in [0.15, 0.2) is 5.96 Å². The number of carbonyl (C=O) groups is 1. The first-order valence-electron chi connectivity index (χ1n) is 9.88. The zero-order valence-electron chi connectivity index (χ0n) is 16.8. The molecular formula is C21H30IN5O2. The highest BCUT2D eigenvalue weighted by Gasteiger charge is 2.20. The van der Waals surface area contributed by atoms with Crippen LogP contribution in [0.1, 0.15) is 12.7 Å². The third-order valence-electron chi connectivity index (χ3n) is 4.71. The van der Waals surface area contributed by atoms with E-state index in [2.05, 4.69) is 32.7 Å². The Morgan fingerprint density at radius 2 is 1.83 bits per heavy atom. The second kappa shape index (κ2) is 12.4. The summed E-state index contributed by atoms with van der Waals surface area (Å²) in [4.78, 5) is 21.2. The average Bonchev–Trinajstić information content (AvgIpc) is 3.26. The molecule has 0 bridgehead atoms. The SMILES string of the molecule is CCNC(=NCC(=O)N1CCN(c2ccccc2)CC1)NCCc1ccco1.I. The van der Waals surface area contributed by atoms with Gasteiger partial charge in [0, 0.05) is 51.4 Å². The maximum atomic E-state index is 12.5. The molecule has 2 N–H and O–H groups in total. The lowest BCUT2D eigenvalue weighted by Crippen LogP contribution is -2.49. The lowest BCUT2D eigenvalue weighted by Gasteiger charge is -2.36. The molecule has 2 aromatic rings. The number of carbonyl (C=O) groups excluding carboxylic acids is 1. The van der Waals surface area contributed by atoms with Crippen LogP contribution in [0.3, 0.4) is 0 Å². The average molecular weight is 511 g/mol. The number of piperazine rings is 1. The van der Waals surface area contributed by atoms with E-state index in [0.717, 1.165) is 44.9 Å². The fourth-order valence-corrected chi connectivity index (χ4v) is 3.20. The van der Waals surface area contributed by atoms with Crippen molar-refractivity contribution in [1.29, 1.82) is 0 Å². The zero-order valence-corrected chi connectivity index (χ0v) is 19.2. The molecule has 1 aliphatic rings. The number of nitrogens with one attached hydrogen (secondary N) is 2. The minimum Gasteiger partial charge on any atom is -0.469 e. The van der Waals surface area contributed by atoms with Crippen LogP contribution in [0.25, 0.3) is 0 Å². The van der Waals surface area contributed by atoms with E-state index in [9.17, 15) is 4.79 Å². The van der Waals surface area contributed by atoms with E-state index >= 15 is 0 Å². The van der Waals surface area contributed by atoms with Gasteiger partial charge in [0.1, 0.15) is 12.3 Å². The van der Waals surface area contributed by atoms with Crippen LogP contribution in [0, 0.1) is 0 Å². The van der Waals surface area contributed by atoms with Crippen molar-refractivity contribution in [2.75, 3.05) is 50.7 Å². The van der Waals surface area contributed by atoms with Crippen molar-refractivity contribution in [3.05, 3.63) is 54.5 Å². The summed E-state index contributed by atoms with van der Waals surface area (Å²) in [7, 11) is 0. The Morgan fingerprint density at radius 3 is 2.48 bits per heavy atom. The molecule has 1 aliphatic heterocycles. The van der Waals surface area contributed by atoms with Gasteiger partial charge in [-0.1, -0.05) is 18.2 Å². The molecule has 0 atom stereocenters. The lowest BCUT2D eigenvalue weighted by molar-refractivity contribution is -0.129. The van der Waals surface area contributed by atoms with Crippen molar-refractivity contribution < 1.29 is 9.21 Å². The van der Waals surface area contributed by atoms with Crippen LogP contribution in [0.2, 0.25) is 0 Å². The van der Waals surface area contributed by atoms with E-state index in [4.69, 9.17) is 4.42 Å². The minimum atomic E-state index is 0. The first kappa shape index (κ1) is 23.1. The molecule has 1 amide bonds. The number of hydrogen-bond donors (Lipinski definition) is 2. The Morgan fingerprint density at radius 1 is 1.07 bits per heavy atom. The number of anilines is 1. The molecule has 158 valence electrons. The number of rotatable bonds is 7. The van der Waals surface area contributed by atoms with Gasteiger partial charge >= 0.3 is 0 Å². The second-order valence-corrected chi connectivity index (χ2v) is 6.65. The third-order valence-corrected chi connectivity index (χ3v) is 4.71. The molecule has 3 rings (SSSR count). The van der Waals surface area contributed by atoms with Crippen LogP contribution in [0.5, 0.6) is 0 Å². The Kier molecular flexibility index (Phi) is 9.82. The maximum absolute atomic E-state index is 12.5. The Bertz CT molecular complexity index is 744. The van der Waals surface area contributed by atoms with E-state index in [-0.39, 0.29) is 36.4 Å². The molecule has 29 heavy (non-hydrogen) atoms. The lowest BCUT2D eigenvalue weighted by atomic mass is 10.2. The molecule has 0 saturated carbocycles. The Labute approximate surface area is 189 Å². The summed E-state index contributed by atoms with van der Waals surface area (Å²) in [6.45, 7) is 6.76. The van der Waals surface area contributed by atoms with Gasteiger partial charge in [-0.05, 0) is 31.2 Å². The molecule has 7 nitrogen and oxygen atoms in total. The number of guanidine groups is 1. The predicted octanol–water partition coefficient (Wildman–Crippen LogP) is 2.34. The molecule has 0 spiro atoms. The van der Waals surface area contributed by atoms with Crippen LogP contribution in [-0.2, 0) is 11.2 Å². The van der Waals surface area contributed by atoms with Crippen LogP contribution >= 0.6 is 24.0 Å². The highest BCUT2D eigenvalue weighted by Crippen LogP contribution is 2.15. The number of hydrogen-bond acceptors (Lipinski definition) is 4. The normalized spacial score (nSPS) is 14.3. The largest absolute Gasteiger partial charge is 0.469 e. The maximum Gasteiger partial charge on any atom is 0.244 e. The molecule has 1 fully saturated rings. The molecule has 0 aliphatic carbocycles. The third kappa shape index (κ3) is 7.26. The van der Waals surface area contributed by atoms with E-state index < -0.39 is 0 Å². The van der Waals surface area contributed by atoms with Gasteiger partial charge in [-0.2, -0.15) is 0 Å². The highest BCUT2D eigenvalue weighted by molar-refractivity contribution is 14.0. The molecule has 0 unspecified atom stereocenters. The Balaban J connectivity index is 0.00000300. The number of para-hydroxylation sites is 1. The Hall–Kier alpha value is -2.23. The fraction of sp³-hybridized carbons (Fsp3) is 0.429. The molecule has 2 heterocycles. The summed E-state index contributed by atoms with van der Waals surface area (Å²) in [6.07, 6.45) is 2.44. The van der Waals surface area contributed by atoms with Gasteiger partial charge in [0.05, 0.1) is 6.26 Å². The van der Waals surface area contributed by atoms with E-state index in [1.165, 1.54) is 5.69 Å². The van der Waals surface area contributed by atoms with Gasteiger partial charge in [-0.25, -0.2) is 4.99 Å². The monoisotopic (exact) mass is 511 g/mol. The van der Waals surface area contributed by atoms with Crippen molar-refractivity contribution in [3.63, 3.8) is 0 Å². The highest BCUT2D eigenvalue weighted by atomic mass is 127. The van der Waals surface area contributed by atoms with Crippen LogP contribution in [0.4, 0.5) is 5.69 Å². The van der Waals surface area contributed by atoms with Gasteiger partial charge < -0.3 is 24.9 Å². The number of furan rings is 1. The zero-order chi connectivity index (χ0) is 19.6. The second-order valence-electron chi connectivity index (χ2n) is 6.65. The molecule has 1 saturated heterocycles. The van der Waals surface area contributed by atoms with Gasteiger partial charge in [-0.3, -0.25) is 4.79 Å². The molecule has 8 heteroatoms. The van der Waals surface area contributed by atoms with Crippen molar-refractivity contribution in [2.24, 2.45) is 4.99 Å². The summed E-state index contributed by atoms with van der Waals surface area (Å²) in [5, 5.41) is 6.42. The number of nitrogens with zero attached hydrogens (tertiary/aromatic N) is 3. The summed E-state index contributed by atoms with van der Waals surface area (Å²) in [6, 6.07) is 14.2. The molecule has 1 aromatic carbocycles.